The van der Waals surface area contributed by atoms with Gasteiger partial charge in [0.25, 0.3) is 0 Å². The van der Waals surface area contributed by atoms with Gasteiger partial charge in [-0.3, -0.25) is 0 Å². The van der Waals surface area contributed by atoms with Gasteiger partial charge in [-0.2, -0.15) is 0 Å². The van der Waals surface area contributed by atoms with E-state index in [1.54, 1.807) is 5.56 Å². The van der Waals surface area contributed by atoms with Gasteiger partial charge in [-0.1, -0.05) is 128 Å². The van der Waals surface area contributed by atoms with E-state index in [-0.39, 0.29) is 0 Å². The van der Waals surface area contributed by atoms with E-state index in [9.17, 15) is 0 Å². The maximum absolute atomic E-state index is 2.63. The van der Waals surface area contributed by atoms with Crippen molar-refractivity contribution in [3.63, 3.8) is 0 Å². The number of hydrogen-bond acceptors (Lipinski definition) is 1. The highest BCUT2D eigenvalue weighted by Crippen LogP contribution is 2.56. The molecule has 2 unspecified atom stereocenters. The summed E-state index contributed by atoms with van der Waals surface area (Å²) in [5.41, 5.74) is 18.7. The van der Waals surface area contributed by atoms with Gasteiger partial charge in [-0.15, -0.1) is 11.8 Å². The van der Waals surface area contributed by atoms with Crippen molar-refractivity contribution in [1.82, 2.24) is 9.13 Å². The molecular weight excluding hydrogens is 709 g/mol. The number of rotatable bonds is 5. The van der Waals surface area contributed by atoms with Crippen LogP contribution >= 0.6 is 11.8 Å². The molecular formula is C54H42N2S. The van der Waals surface area contributed by atoms with Crippen molar-refractivity contribution in [2.75, 3.05) is 0 Å². The van der Waals surface area contributed by atoms with Crippen molar-refractivity contribution in [3.05, 3.63) is 186 Å². The average Bonchev–Trinajstić information content (AvgIpc) is 3.94. The summed E-state index contributed by atoms with van der Waals surface area (Å²) < 4.78 is 5.04. The highest BCUT2D eigenvalue weighted by Gasteiger charge is 2.38. The second kappa shape index (κ2) is 13.3. The van der Waals surface area contributed by atoms with Crippen LogP contribution in [0.1, 0.15) is 60.4 Å². The van der Waals surface area contributed by atoms with Crippen LogP contribution in [0.5, 0.6) is 0 Å². The van der Waals surface area contributed by atoms with E-state index in [0.29, 0.717) is 11.2 Å². The van der Waals surface area contributed by atoms with Gasteiger partial charge in [0, 0.05) is 48.9 Å². The number of aromatic nitrogens is 2. The number of thioether (sulfide) groups is 1. The molecule has 2 nitrogen and oxygen atoms in total. The summed E-state index contributed by atoms with van der Waals surface area (Å²) in [5, 5.41) is 4.61. The Labute approximate surface area is 338 Å². The minimum atomic E-state index is 0.619. The Kier molecular flexibility index (Phi) is 7.72. The average molecular weight is 751 g/mol. The van der Waals surface area contributed by atoms with Gasteiger partial charge in [-0.05, 0) is 125 Å². The molecule has 1 saturated carbocycles. The van der Waals surface area contributed by atoms with Gasteiger partial charge < -0.3 is 9.13 Å². The molecule has 57 heavy (non-hydrogen) atoms. The lowest BCUT2D eigenvalue weighted by Gasteiger charge is -2.25. The number of benzene rings is 7. The summed E-state index contributed by atoms with van der Waals surface area (Å²) >= 11 is 2.16. The Bertz CT molecular complexity index is 3060. The first kappa shape index (κ1) is 33.1. The molecule has 3 heteroatoms. The second-order valence-electron chi connectivity index (χ2n) is 16.2. The lowest BCUT2D eigenvalue weighted by molar-refractivity contribution is 0.461. The number of nitrogens with zero attached hydrogens (tertiary/aromatic N) is 2. The highest BCUT2D eigenvalue weighted by molar-refractivity contribution is 8.00. The topological polar surface area (TPSA) is 9.86 Å². The lowest BCUT2D eigenvalue weighted by atomic mass is 9.82. The number of allylic oxidation sites excluding steroid dienone is 1. The third-order valence-electron chi connectivity index (χ3n) is 13.1. The van der Waals surface area contributed by atoms with Crippen molar-refractivity contribution >= 4 is 56.1 Å². The number of fused-ring (bicyclic) bond motifs is 9. The standard InChI is InChI=1S/C54H42N2S/c1-3-15-35(16-4-1)40-19-7-8-20-41(40)47-33-39(34-48-44-23-11-14-26-53(44)57-54(47)48)56-50-25-13-10-22-43(50)46-32-37(28-30-52(46)56)36-27-29-51-45(31-36)42-21-9-12-24-49(42)55(51)38-17-5-2-6-18-38/h1-10,12-13,15-22,24-25,27,29,31-34,44,53H,11,14,23,26,28,30H2. The van der Waals surface area contributed by atoms with Crippen LogP contribution in [-0.2, 0) is 6.42 Å². The summed E-state index contributed by atoms with van der Waals surface area (Å²) in [6.07, 6.45) is 9.79. The zero-order chi connectivity index (χ0) is 37.5. The van der Waals surface area contributed by atoms with Crippen LogP contribution < -0.4 is 0 Å². The molecule has 2 atom stereocenters. The van der Waals surface area contributed by atoms with Crippen molar-refractivity contribution < 1.29 is 0 Å². The molecule has 1 fully saturated rings. The molecule has 2 aliphatic carbocycles. The second-order valence-corrected chi connectivity index (χ2v) is 17.4. The summed E-state index contributed by atoms with van der Waals surface area (Å²) in [4.78, 5) is 1.51. The third-order valence-corrected chi connectivity index (χ3v) is 14.6. The largest absolute Gasteiger partial charge is 0.313 e. The fourth-order valence-corrected chi connectivity index (χ4v) is 12.2. The molecule has 0 N–H and O–H groups in total. The summed E-state index contributed by atoms with van der Waals surface area (Å²) in [5.74, 6) is 0.619. The van der Waals surface area contributed by atoms with Gasteiger partial charge in [0.1, 0.15) is 0 Å². The van der Waals surface area contributed by atoms with Gasteiger partial charge in [0.05, 0.1) is 16.6 Å². The highest BCUT2D eigenvalue weighted by atomic mass is 32.2. The molecule has 274 valence electrons. The van der Waals surface area contributed by atoms with Crippen molar-refractivity contribution in [3.8, 4) is 33.6 Å². The Morgan fingerprint density at radius 2 is 1.16 bits per heavy atom. The first-order chi connectivity index (χ1) is 28.3. The predicted molar refractivity (Wildman–Crippen MR) is 242 cm³/mol. The SMILES string of the molecule is C1=C(c2ccc3c(c2)c2ccccc2n3-c2ccccc2)CCc2c1c1ccccc1n2-c1cc(-c2ccccc2-c2ccccc2)c2c(c1)C1CCCCC1S2. The molecule has 3 aliphatic rings. The number of para-hydroxylation sites is 3. The van der Waals surface area contributed by atoms with E-state index >= 15 is 0 Å². The van der Waals surface area contributed by atoms with Crippen LogP contribution in [0.15, 0.2) is 169 Å². The molecule has 0 bridgehead atoms. The van der Waals surface area contributed by atoms with E-state index < -0.39 is 0 Å². The lowest BCUT2D eigenvalue weighted by Crippen LogP contribution is -2.15. The molecule has 0 saturated heterocycles. The first-order valence-electron chi connectivity index (χ1n) is 20.7. The quantitative estimate of drug-likeness (QED) is 0.170. The number of hydrogen-bond donors (Lipinski definition) is 0. The molecule has 0 amide bonds. The van der Waals surface area contributed by atoms with Crippen LogP contribution in [0, 0.1) is 0 Å². The van der Waals surface area contributed by atoms with Crippen molar-refractivity contribution in [2.24, 2.45) is 0 Å². The minimum Gasteiger partial charge on any atom is -0.313 e. The van der Waals surface area contributed by atoms with E-state index in [2.05, 4.69) is 191 Å². The summed E-state index contributed by atoms with van der Waals surface area (Å²) in [6.45, 7) is 0. The fourth-order valence-electron chi connectivity index (χ4n) is 10.5. The molecule has 0 spiro atoms. The molecule has 7 aromatic carbocycles. The maximum Gasteiger partial charge on any atom is 0.0541 e. The Balaban J connectivity index is 1.03. The predicted octanol–water partition coefficient (Wildman–Crippen LogP) is 14.7. The molecule has 3 heterocycles. The molecule has 1 aliphatic heterocycles. The smallest absolute Gasteiger partial charge is 0.0541 e. The van der Waals surface area contributed by atoms with Crippen LogP contribution in [0.4, 0.5) is 0 Å². The third kappa shape index (κ3) is 5.25. The van der Waals surface area contributed by atoms with E-state index in [1.165, 1.54) is 119 Å². The van der Waals surface area contributed by atoms with E-state index in [4.69, 9.17) is 0 Å². The van der Waals surface area contributed by atoms with Gasteiger partial charge >= 0.3 is 0 Å². The Morgan fingerprint density at radius 1 is 0.474 bits per heavy atom. The van der Waals surface area contributed by atoms with Gasteiger partial charge in [0.15, 0.2) is 0 Å². The van der Waals surface area contributed by atoms with Crippen molar-refractivity contribution in [2.45, 2.75) is 54.6 Å². The fraction of sp³-hybridized carbons (Fsp3) is 0.148. The zero-order valence-corrected chi connectivity index (χ0v) is 32.7. The molecule has 9 aromatic rings. The van der Waals surface area contributed by atoms with Crippen LogP contribution in [0.3, 0.4) is 0 Å². The van der Waals surface area contributed by atoms with Crippen molar-refractivity contribution in [1.29, 1.82) is 0 Å². The first-order valence-corrected chi connectivity index (χ1v) is 21.6. The Hall–Kier alpha value is -6.03. The van der Waals surface area contributed by atoms with Crippen LogP contribution in [-0.4, -0.2) is 14.4 Å². The van der Waals surface area contributed by atoms with Crippen LogP contribution in [0.2, 0.25) is 0 Å². The Morgan fingerprint density at radius 3 is 2.00 bits per heavy atom. The van der Waals surface area contributed by atoms with Crippen LogP contribution in [0.25, 0.3) is 78.0 Å². The minimum absolute atomic E-state index is 0.619. The maximum atomic E-state index is 2.63. The normalized spacial score (nSPS) is 17.4. The molecule has 2 aromatic heterocycles. The van der Waals surface area contributed by atoms with E-state index in [0.717, 1.165) is 12.8 Å². The van der Waals surface area contributed by atoms with Gasteiger partial charge in [-0.25, -0.2) is 0 Å². The molecule has 0 radical (unpaired) electrons. The summed E-state index contributed by atoms with van der Waals surface area (Å²) in [6, 6.07) is 61.1. The summed E-state index contributed by atoms with van der Waals surface area (Å²) in [7, 11) is 0. The molecule has 12 rings (SSSR count). The van der Waals surface area contributed by atoms with Gasteiger partial charge in [0.2, 0.25) is 0 Å². The monoisotopic (exact) mass is 750 g/mol. The zero-order valence-electron chi connectivity index (χ0n) is 31.9. The van der Waals surface area contributed by atoms with E-state index in [1.807, 2.05) is 0 Å².